The quantitative estimate of drug-likeness (QED) is 0.497. The molecule has 1 amide bonds. The summed E-state index contributed by atoms with van der Waals surface area (Å²) in [5.41, 5.74) is 6.66. The topological polar surface area (TPSA) is 94.2 Å². The number of nitrogens with zero attached hydrogens (tertiary/aromatic N) is 2. The molecule has 34 heavy (non-hydrogen) atoms. The second-order valence-electron chi connectivity index (χ2n) is 10.7. The fraction of sp³-hybridized carbons (Fsp3) is 0.556. The van der Waals surface area contributed by atoms with Gasteiger partial charge in [-0.2, -0.15) is 5.10 Å². The zero-order valence-electron chi connectivity index (χ0n) is 20.5. The minimum atomic E-state index is -0.0665. The van der Waals surface area contributed by atoms with E-state index in [9.17, 15) is 9.90 Å². The molecule has 5 rings (SSSR count). The summed E-state index contributed by atoms with van der Waals surface area (Å²) >= 11 is 0. The average molecular weight is 465 g/mol. The highest BCUT2D eigenvalue weighted by atomic mass is 16.5. The third kappa shape index (κ3) is 4.39. The van der Waals surface area contributed by atoms with E-state index in [0.29, 0.717) is 12.0 Å². The van der Waals surface area contributed by atoms with Gasteiger partial charge in [0.15, 0.2) is 0 Å². The molecule has 1 fully saturated rings. The molecule has 0 saturated heterocycles. The van der Waals surface area contributed by atoms with E-state index in [2.05, 4.69) is 35.1 Å². The first-order valence-corrected chi connectivity index (χ1v) is 12.5. The molecule has 0 spiro atoms. The number of aliphatic hydroxyl groups excluding tert-OH is 1. The maximum Gasteiger partial charge on any atom is 0.230 e. The van der Waals surface area contributed by atoms with Crippen molar-refractivity contribution >= 4 is 22.5 Å². The number of methoxy groups -OCH3 is 1. The number of aromatic nitrogens is 3. The van der Waals surface area contributed by atoms with Crippen LogP contribution in [-0.2, 0) is 22.4 Å². The number of carbonyl (C=O) groups excluding carboxylic acids is 1. The Hall–Kier alpha value is -2.64. The summed E-state index contributed by atoms with van der Waals surface area (Å²) in [6.45, 7) is 4.85. The van der Waals surface area contributed by atoms with Gasteiger partial charge in [-0.05, 0) is 68.6 Å². The molecule has 2 heterocycles. The van der Waals surface area contributed by atoms with Crippen LogP contribution in [0.1, 0.15) is 57.2 Å². The van der Waals surface area contributed by atoms with Crippen molar-refractivity contribution in [3.05, 3.63) is 35.5 Å². The van der Waals surface area contributed by atoms with Gasteiger partial charge < -0.3 is 19.7 Å². The fourth-order valence-electron chi connectivity index (χ4n) is 5.71. The number of fused-ring (bicyclic) bond motifs is 2. The van der Waals surface area contributed by atoms with Crippen molar-refractivity contribution < 1.29 is 14.6 Å². The number of nitrogens with one attached hydrogen (secondary N) is 2. The van der Waals surface area contributed by atoms with Crippen LogP contribution in [0, 0.1) is 11.3 Å². The van der Waals surface area contributed by atoms with Gasteiger partial charge in [-0.3, -0.25) is 9.89 Å². The largest absolute Gasteiger partial charge is 0.395 e. The van der Waals surface area contributed by atoms with Crippen molar-refractivity contribution in [3.63, 3.8) is 0 Å². The van der Waals surface area contributed by atoms with E-state index >= 15 is 0 Å². The second kappa shape index (κ2) is 9.19. The van der Waals surface area contributed by atoms with E-state index in [0.717, 1.165) is 72.9 Å². The minimum Gasteiger partial charge on any atom is -0.395 e. The highest BCUT2D eigenvalue weighted by Crippen LogP contribution is 2.38. The van der Waals surface area contributed by atoms with Crippen LogP contribution in [0.2, 0.25) is 0 Å². The summed E-state index contributed by atoms with van der Waals surface area (Å²) in [6, 6.07) is 8.19. The Morgan fingerprint density at radius 1 is 1.24 bits per heavy atom. The molecule has 182 valence electrons. The molecule has 7 nitrogen and oxygen atoms in total. The third-order valence-corrected chi connectivity index (χ3v) is 7.78. The Balaban J connectivity index is 1.41. The van der Waals surface area contributed by atoms with Crippen molar-refractivity contribution in [2.75, 3.05) is 25.2 Å². The van der Waals surface area contributed by atoms with Gasteiger partial charge in [0.25, 0.3) is 0 Å². The first kappa shape index (κ1) is 23.1. The predicted molar refractivity (Wildman–Crippen MR) is 134 cm³/mol. The summed E-state index contributed by atoms with van der Waals surface area (Å²) < 4.78 is 5.46. The molecule has 2 aromatic heterocycles. The monoisotopic (exact) mass is 464 g/mol. The van der Waals surface area contributed by atoms with Crippen molar-refractivity contribution in [2.45, 2.75) is 64.9 Å². The number of benzene rings is 1. The molecular formula is C27H36N4O3. The molecular weight excluding hydrogens is 428 g/mol. The zero-order valence-corrected chi connectivity index (χ0v) is 20.5. The smallest absolute Gasteiger partial charge is 0.230 e. The number of carbonyl (C=O) groups is 1. The highest BCUT2D eigenvalue weighted by Gasteiger charge is 2.31. The lowest BCUT2D eigenvalue weighted by Crippen LogP contribution is -2.40. The van der Waals surface area contributed by atoms with Crippen LogP contribution in [-0.4, -0.2) is 52.6 Å². The molecule has 0 aliphatic heterocycles. The molecule has 7 heteroatoms. The van der Waals surface area contributed by atoms with E-state index in [4.69, 9.17) is 4.74 Å². The summed E-state index contributed by atoms with van der Waals surface area (Å²) in [5.74, 6) is 0.0754. The molecule has 0 bridgehead atoms. The number of H-pyrrole nitrogens is 2. The maximum absolute atomic E-state index is 13.4. The lowest BCUT2D eigenvalue weighted by Gasteiger charge is -2.31. The number of hydrogen-bond acceptors (Lipinski definition) is 4. The number of anilines is 1. The second-order valence-corrected chi connectivity index (χ2v) is 10.7. The lowest BCUT2D eigenvalue weighted by atomic mass is 9.76. The van der Waals surface area contributed by atoms with Crippen molar-refractivity contribution in [1.29, 1.82) is 0 Å². The van der Waals surface area contributed by atoms with Crippen molar-refractivity contribution in [1.82, 2.24) is 15.2 Å². The molecule has 2 aliphatic carbocycles. The number of ether oxygens (including phenoxy) is 1. The van der Waals surface area contributed by atoms with Crippen molar-refractivity contribution in [3.8, 4) is 11.4 Å². The van der Waals surface area contributed by atoms with Gasteiger partial charge in [-0.15, -0.1) is 0 Å². The van der Waals surface area contributed by atoms with Crippen LogP contribution in [0.4, 0.5) is 5.69 Å². The van der Waals surface area contributed by atoms with Crippen LogP contribution >= 0.6 is 0 Å². The van der Waals surface area contributed by atoms with Gasteiger partial charge in [0.05, 0.1) is 18.4 Å². The first-order chi connectivity index (χ1) is 16.4. The van der Waals surface area contributed by atoms with Gasteiger partial charge in [0.2, 0.25) is 5.91 Å². The Kier molecular flexibility index (Phi) is 6.25. The number of rotatable bonds is 6. The lowest BCUT2D eigenvalue weighted by molar-refractivity contribution is -0.124. The summed E-state index contributed by atoms with van der Waals surface area (Å²) in [4.78, 5) is 18.7. The molecule has 3 N–H and O–H groups in total. The zero-order chi connectivity index (χ0) is 23.9. The molecule has 0 atom stereocenters. The van der Waals surface area contributed by atoms with Gasteiger partial charge in [0, 0.05) is 47.4 Å². The van der Waals surface area contributed by atoms with Gasteiger partial charge in [-0.1, -0.05) is 19.9 Å². The minimum absolute atomic E-state index is 0.0207. The van der Waals surface area contributed by atoms with E-state index in [-0.39, 0.29) is 24.5 Å². The van der Waals surface area contributed by atoms with E-state index < -0.39 is 0 Å². The third-order valence-electron chi connectivity index (χ3n) is 7.78. The van der Waals surface area contributed by atoms with E-state index in [1.807, 2.05) is 18.2 Å². The molecule has 0 radical (unpaired) electrons. The van der Waals surface area contributed by atoms with Gasteiger partial charge >= 0.3 is 0 Å². The first-order valence-electron chi connectivity index (χ1n) is 12.5. The van der Waals surface area contributed by atoms with Crippen LogP contribution in [0.25, 0.3) is 22.3 Å². The van der Waals surface area contributed by atoms with Crippen LogP contribution < -0.4 is 4.90 Å². The Morgan fingerprint density at radius 3 is 2.76 bits per heavy atom. The SMILES string of the molecule is COC1CCC(C(=O)N(CCO)c2ccc3cc(-c4n[nH]c5c4CCC(C)(C)C5)[nH]c3c2)CC1. The summed E-state index contributed by atoms with van der Waals surface area (Å²) in [5, 5.41) is 18.7. The standard InChI is InChI=1S/C27H36N4O3/c1-27(2)11-10-21-24(16-27)29-30-25(21)23-14-18-4-7-19(15-22(18)28-23)31(12-13-32)26(33)17-5-8-20(34-3)9-6-17/h4,7,14-15,17,20,28,32H,5-6,8-13,16H2,1-3H3,(H,29,30). The normalized spacial score (nSPS) is 22.0. The number of aliphatic hydroxyl groups is 1. The van der Waals surface area contributed by atoms with Crippen molar-refractivity contribution in [2.24, 2.45) is 11.3 Å². The van der Waals surface area contributed by atoms with E-state index in [1.165, 1.54) is 11.3 Å². The molecule has 1 saturated carbocycles. The molecule has 2 aliphatic rings. The van der Waals surface area contributed by atoms with Crippen LogP contribution in [0.15, 0.2) is 24.3 Å². The Morgan fingerprint density at radius 2 is 2.03 bits per heavy atom. The molecule has 1 aromatic carbocycles. The van der Waals surface area contributed by atoms with Gasteiger partial charge in [0.1, 0.15) is 5.69 Å². The molecule has 3 aromatic rings. The summed E-state index contributed by atoms with van der Waals surface area (Å²) in [6.07, 6.45) is 6.92. The number of amides is 1. The van der Waals surface area contributed by atoms with Crippen LogP contribution in [0.3, 0.4) is 0 Å². The maximum atomic E-state index is 13.4. The van der Waals surface area contributed by atoms with Crippen LogP contribution in [0.5, 0.6) is 0 Å². The Labute approximate surface area is 200 Å². The van der Waals surface area contributed by atoms with E-state index in [1.54, 1.807) is 12.0 Å². The average Bonchev–Trinajstić information content (AvgIpc) is 3.44. The summed E-state index contributed by atoms with van der Waals surface area (Å²) in [7, 11) is 1.74. The molecule has 0 unspecified atom stereocenters. The number of hydrogen-bond donors (Lipinski definition) is 3. The highest BCUT2D eigenvalue weighted by molar-refractivity contribution is 5.98. The Bertz CT molecular complexity index is 1170. The van der Waals surface area contributed by atoms with Gasteiger partial charge in [-0.25, -0.2) is 0 Å². The fourth-order valence-corrected chi connectivity index (χ4v) is 5.71. The predicted octanol–water partition coefficient (Wildman–Crippen LogP) is 4.60. The number of aromatic amines is 2.